The second-order valence-electron chi connectivity index (χ2n) is 6.47. The van der Waals surface area contributed by atoms with Crippen molar-refractivity contribution >= 4 is 5.97 Å². The van der Waals surface area contributed by atoms with E-state index < -0.39 is 0 Å². The Hall–Kier alpha value is -3.16. The number of esters is 1. The molecule has 3 aromatic rings. The summed E-state index contributed by atoms with van der Waals surface area (Å²) in [5, 5.41) is 12.7. The SMILES string of the molecule is COC(=O)[C@@H]1CCc2cnn(Cc3nnc(-c4cccc(OC)c4)o3)c2C1. The number of hydrogen-bond acceptors (Lipinski definition) is 7. The summed E-state index contributed by atoms with van der Waals surface area (Å²) in [5.74, 6) is 1.30. The summed E-state index contributed by atoms with van der Waals surface area (Å²) in [6.07, 6.45) is 4.06. The van der Waals surface area contributed by atoms with E-state index in [9.17, 15) is 4.79 Å². The van der Waals surface area contributed by atoms with Gasteiger partial charge in [-0.2, -0.15) is 5.10 Å². The van der Waals surface area contributed by atoms with E-state index in [1.54, 1.807) is 7.11 Å². The quantitative estimate of drug-likeness (QED) is 0.638. The maximum absolute atomic E-state index is 11.9. The predicted molar refractivity (Wildman–Crippen MR) is 95.1 cm³/mol. The molecule has 0 saturated heterocycles. The Kier molecular flexibility index (Phi) is 4.62. The minimum atomic E-state index is -0.175. The van der Waals surface area contributed by atoms with E-state index in [1.165, 1.54) is 7.11 Å². The van der Waals surface area contributed by atoms with Crippen LogP contribution in [-0.2, 0) is 28.9 Å². The monoisotopic (exact) mass is 368 g/mol. The van der Waals surface area contributed by atoms with Crippen LogP contribution < -0.4 is 4.74 Å². The number of ether oxygens (including phenoxy) is 2. The summed E-state index contributed by atoms with van der Waals surface area (Å²) in [6.45, 7) is 0.361. The average Bonchev–Trinajstić information content (AvgIpc) is 3.35. The highest BCUT2D eigenvalue weighted by atomic mass is 16.5. The molecule has 1 aromatic carbocycles. The van der Waals surface area contributed by atoms with Crippen molar-refractivity contribution in [1.29, 1.82) is 0 Å². The highest BCUT2D eigenvalue weighted by molar-refractivity contribution is 5.73. The van der Waals surface area contributed by atoms with Crippen molar-refractivity contribution in [2.75, 3.05) is 14.2 Å². The van der Waals surface area contributed by atoms with E-state index in [1.807, 2.05) is 35.1 Å². The predicted octanol–water partition coefficient (Wildman–Crippen LogP) is 2.27. The number of carbonyl (C=O) groups is 1. The lowest BCUT2D eigenvalue weighted by atomic mass is 9.88. The Morgan fingerprint density at radius 1 is 1.33 bits per heavy atom. The largest absolute Gasteiger partial charge is 0.497 e. The molecule has 27 heavy (non-hydrogen) atoms. The highest BCUT2D eigenvalue weighted by Crippen LogP contribution is 2.27. The van der Waals surface area contributed by atoms with Crippen molar-refractivity contribution in [3.05, 3.63) is 47.6 Å². The fourth-order valence-corrected chi connectivity index (χ4v) is 3.38. The molecule has 8 nitrogen and oxygen atoms in total. The van der Waals surface area contributed by atoms with Crippen LogP contribution in [-0.4, -0.2) is 40.2 Å². The van der Waals surface area contributed by atoms with E-state index in [0.717, 1.165) is 35.4 Å². The zero-order valence-corrected chi connectivity index (χ0v) is 15.2. The first-order chi connectivity index (χ1) is 13.2. The van der Waals surface area contributed by atoms with Crippen LogP contribution in [0.5, 0.6) is 5.75 Å². The molecular weight excluding hydrogens is 348 g/mol. The Morgan fingerprint density at radius 2 is 2.22 bits per heavy atom. The number of fused-ring (bicyclic) bond motifs is 1. The van der Waals surface area contributed by atoms with Crippen LogP contribution in [0.4, 0.5) is 0 Å². The number of methoxy groups -OCH3 is 2. The van der Waals surface area contributed by atoms with Gasteiger partial charge in [-0.1, -0.05) is 6.07 Å². The average molecular weight is 368 g/mol. The van der Waals surface area contributed by atoms with Gasteiger partial charge < -0.3 is 13.9 Å². The third-order valence-electron chi connectivity index (χ3n) is 4.84. The third kappa shape index (κ3) is 3.42. The van der Waals surface area contributed by atoms with E-state index in [-0.39, 0.29) is 11.9 Å². The van der Waals surface area contributed by atoms with Gasteiger partial charge in [-0.05, 0) is 36.6 Å². The lowest BCUT2D eigenvalue weighted by Crippen LogP contribution is -2.25. The zero-order chi connectivity index (χ0) is 18.8. The zero-order valence-electron chi connectivity index (χ0n) is 15.2. The van der Waals surface area contributed by atoms with E-state index >= 15 is 0 Å². The molecule has 1 aliphatic carbocycles. The van der Waals surface area contributed by atoms with Crippen molar-refractivity contribution in [3.8, 4) is 17.2 Å². The normalized spacial score (nSPS) is 16.0. The fourth-order valence-electron chi connectivity index (χ4n) is 3.38. The molecule has 0 saturated carbocycles. The molecule has 0 aliphatic heterocycles. The molecule has 0 radical (unpaired) electrons. The van der Waals surface area contributed by atoms with Gasteiger partial charge in [0, 0.05) is 17.7 Å². The number of hydrogen-bond donors (Lipinski definition) is 0. The Bertz CT molecular complexity index is 962. The first-order valence-electron chi connectivity index (χ1n) is 8.76. The van der Waals surface area contributed by atoms with Gasteiger partial charge >= 0.3 is 5.97 Å². The van der Waals surface area contributed by atoms with Crippen molar-refractivity contribution in [2.24, 2.45) is 5.92 Å². The number of aryl methyl sites for hydroxylation is 1. The summed E-state index contributed by atoms with van der Waals surface area (Å²) in [5.41, 5.74) is 2.97. The minimum Gasteiger partial charge on any atom is -0.497 e. The summed E-state index contributed by atoms with van der Waals surface area (Å²) in [4.78, 5) is 11.9. The Morgan fingerprint density at radius 3 is 3.04 bits per heavy atom. The van der Waals surface area contributed by atoms with Crippen molar-refractivity contribution < 1.29 is 18.7 Å². The molecule has 0 N–H and O–H groups in total. The topological polar surface area (TPSA) is 92.3 Å². The Labute approximate surface area is 156 Å². The van der Waals surface area contributed by atoms with Crippen LogP contribution in [0.1, 0.15) is 23.6 Å². The first-order valence-corrected chi connectivity index (χ1v) is 8.76. The molecule has 8 heteroatoms. The molecule has 2 heterocycles. The van der Waals surface area contributed by atoms with Crippen LogP contribution in [0, 0.1) is 5.92 Å². The molecule has 0 amide bonds. The van der Waals surface area contributed by atoms with Gasteiger partial charge in [-0.25, -0.2) is 0 Å². The van der Waals surface area contributed by atoms with Gasteiger partial charge in [0.05, 0.1) is 26.3 Å². The number of carbonyl (C=O) groups excluding carboxylic acids is 1. The highest BCUT2D eigenvalue weighted by Gasteiger charge is 2.28. The standard InChI is InChI=1S/C19H20N4O4/c1-25-15-5-3-4-12(8-15)18-22-21-17(27-18)11-23-16-9-13(19(24)26-2)6-7-14(16)10-20-23/h3-5,8,10,13H,6-7,9,11H2,1-2H3/t13-/m1/s1. The van der Waals surface area contributed by atoms with Crippen molar-refractivity contribution in [1.82, 2.24) is 20.0 Å². The van der Waals surface area contributed by atoms with Crippen LogP contribution in [0.2, 0.25) is 0 Å². The molecule has 1 atom stereocenters. The summed E-state index contributed by atoms with van der Waals surface area (Å²) < 4.78 is 17.7. The van der Waals surface area contributed by atoms with Gasteiger partial charge in [-0.3, -0.25) is 9.48 Å². The maximum atomic E-state index is 11.9. The lowest BCUT2D eigenvalue weighted by Gasteiger charge is -2.20. The van der Waals surface area contributed by atoms with Crippen molar-refractivity contribution in [2.45, 2.75) is 25.8 Å². The molecule has 4 rings (SSSR count). The summed E-state index contributed by atoms with van der Waals surface area (Å²) >= 11 is 0. The van der Waals surface area contributed by atoms with E-state index in [4.69, 9.17) is 13.9 Å². The fraction of sp³-hybridized carbons (Fsp3) is 0.368. The van der Waals surface area contributed by atoms with Crippen LogP contribution >= 0.6 is 0 Å². The second-order valence-corrected chi connectivity index (χ2v) is 6.47. The van der Waals surface area contributed by atoms with Gasteiger partial charge in [0.15, 0.2) is 0 Å². The van der Waals surface area contributed by atoms with Crippen LogP contribution in [0.25, 0.3) is 11.5 Å². The molecular formula is C19H20N4O4. The molecule has 0 spiro atoms. The molecule has 1 aliphatic rings. The van der Waals surface area contributed by atoms with Gasteiger partial charge in [0.1, 0.15) is 12.3 Å². The lowest BCUT2D eigenvalue weighted by molar-refractivity contribution is -0.145. The summed E-state index contributed by atoms with van der Waals surface area (Å²) in [6, 6.07) is 7.45. The number of nitrogens with zero attached hydrogens (tertiary/aromatic N) is 4. The third-order valence-corrected chi connectivity index (χ3v) is 4.84. The maximum Gasteiger partial charge on any atom is 0.309 e. The molecule has 2 aromatic heterocycles. The number of aromatic nitrogens is 4. The van der Waals surface area contributed by atoms with Crippen LogP contribution in [0.3, 0.4) is 0 Å². The minimum absolute atomic E-state index is 0.132. The summed E-state index contributed by atoms with van der Waals surface area (Å²) in [7, 11) is 3.04. The molecule has 140 valence electrons. The number of benzene rings is 1. The smallest absolute Gasteiger partial charge is 0.309 e. The van der Waals surface area contributed by atoms with E-state index in [0.29, 0.717) is 24.7 Å². The van der Waals surface area contributed by atoms with Crippen LogP contribution in [0.15, 0.2) is 34.9 Å². The molecule has 0 fully saturated rings. The first kappa shape index (κ1) is 17.3. The van der Waals surface area contributed by atoms with E-state index in [2.05, 4.69) is 15.3 Å². The second kappa shape index (κ2) is 7.22. The Balaban J connectivity index is 1.54. The van der Waals surface area contributed by atoms with Crippen molar-refractivity contribution in [3.63, 3.8) is 0 Å². The van der Waals surface area contributed by atoms with Gasteiger partial charge in [0.25, 0.3) is 0 Å². The number of rotatable bonds is 5. The van der Waals surface area contributed by atoms with Gasteiger partial charge in [-0.15, -0.1) is 10.2 Å². The molecule has 0 bridgehead atoms. The van der Waals surface area contributed by atoms with Gasteiger partial charge in [0.2, 0.25) is 11.8 Å². The molecule has 0 unspecified atom stereocenters.